The lowest BCUT2D eigenvalue weighted by molar-refractivity contribution is -0.114. The lowest BCUT2D eigenvalue weighted by atomic mass is 10.1. The number of rotatable bonds is 4. The summed E-state index contributed by atoms with van der Waals surface area (Å²) in [6.07, 6.45) is 0. The van der Waals surface area contributed by atoms with Crippen LogP contribution in [0.15, 0.2) is 42.5 Å². The first kappa shape index (κ1) is 16.0. The van der Waals surface area contributed by atoms with Crippen LogP contribution in [0.2, 0.25) is 5.02 Å². The Hall–Kier alpha value is -2.37. The van der Waals surface area contributed by atoms with E-state index >= 15 is 0 Å². The number of nitrogens with two attached hydrogens (primary N) is 1. The molecule has 0 spiro atoms. The molecule has 0 saturated heterocycles. The molecule has 4 N–H and O–H groups in total. The standard InChI is InChI=1S/C16H16ClN3O2/c1-10-3-2-4-11(7-10)16(22)20-14-6-5-12(8-13(14)17)19-15(21)9-18/h2-8H,9,18H2,1H3,(H,19,21)(H,20,22). The largest absolute Gasteiger partial charge is 0.325 e. The molecule has 2 aromatic rings. The second-order valence-corrected chi connectivity index (χ2v) is 5.18. The maximum Gasteiger partial charge on any atom is 0.255 e. The smallest absolute Gasteiger partial charge is 0.255 e. The van der Waals surface area contributed by atoms with Gasteiger partial charge in [-0.25, -0.2) is 0 Å². The summed E-state index contributed by atoms with van der Waals surface area (Å²) < 4.78 is 0. The molecule has 22 heavy (non-hydrogen) atoms. The Balaban J connectivity index is 2.13. The average molecular weight is 318 g/mol. The molecule has 0 aliphatic heterocycles. The van der Waals surface area contributed by atoms with Crippen LogP contribution in [0.4, 0.5) is 11.4 Å². The van der Waals surface area contributed by atoms with Gasteiger partial charge in [-0.1, -0.05) is 29.3 Å². The van der Waals surface area contributed by atoms with E-state index in [-0.39, 0.29) is 18.4 Å². The van der Waals surface area contributed by atoms with E-state index in [0.29, 0.717) is 22.0 Å². The van der Waals surface area contributed by atoms with Crippen LogP contribution in [-0.4, -0.2) is 18.4 Å². The molecule has 0 atom stereocenters. The molecule has 6 heteroatoms. The van der Waals surface area contributed by atoms with Crippen LogP contribution in [0.5, 0.6) is 0 Å². The summed E-state index contributed by atoms with van der Waals surface area (Å²) in [4.78, 5) is 23.4. The fourth-order valence-electron chi connectivity index (χ4n) is 1.89. The van der Waals surface area contributed by atoms with Crippen molar-refractivity contribution in [2.24, 2.45) is 5.73 Å². The van der Waals surface area contributed by atoms with E-state index in [0.717, 1.165) is 5.56 Å². The van der Waals surface area contributed by atoms with Gasteiger partial charge in [0.15, 0.2) is 0 Å². The quantitative estimate of drug-likeness (QED) is 0.810. The zero-order valence-electron chi connectivity index (χ0n) is 12.0. The maximum absolute atomic E-state index is 12.2. The summed E-state index contributed by atoms with van der Waals surface area (Å²) >= 11 is 6.12. The number of amides is 2. The minimum absolute atomic E-state index is 0.108. The summed E-state index contributed by atoms with van der Waals surface area (Å²) in [5, 5.41) is 5.66. The molecule has 0 fully saturated rings. The highest BCUT2D eigenvalue weighted by molar-refractivity contribution is 6.34. The predicted octanol–water partition coefficient (Wildman–Crippen LogP) is 2.80. The minimum atomic E-state index is -0.312. The van der Waals surface area contributed by atoms with E-state index < -0.39 is 0 Å². The second-order valence-electron chi connectivity index (χ2n) is 4.77. The fraction of sp³-hybridized carbons (Fsp3) is 0.125. The molecule has 0 aromatic heterocycles. The number of carbonyl (C=O) groups excluding carboxylic acids is 2. The lowest BCUT2D eigenvalue weighted by Crippen LogP contribution is -2.21. The zero-order chi connectivity index (χ0) is 16.1. The predicted molar refractivity (Wildman–Crippen MR) is 88.3 cm³/mol. The van der Waals surface area contributed by atoms with Gasteiger partial charge in [0.25, 0.3) is 5.91 Å². The van der Waals surface area contributed by atoms with Gasteiger partial charge >= 0.3 is 0 Å². The molecule has 0 aliphatic rings. The molecule has 5 nitrogen and oxygen atoms in total. The minimum Gasteiger partial charge on any atom is -0.325 e. The number of halogens is 1. The number of anilines is 2. The lowest BCUT2D eigenvalue weighted by Gasteiger charge is -2.10. The SMILES string of the molecule is Cc1cccc(C(=O)Nc2ccc(NC(=O)CN)cc2Cl)c1. The summed E-state index contributed by atoms with van der Waals surface area (Å²) in [7, 11) is 0. The number of hydrogen-bond donors (Lipinski definition) is 3. The Morgan fingerprint density at radius 2 is 1.91 bits per heavy atom. The van der Waals surface area contributed by atoms with Crippen LogP contribution in [0.1, 0.15) is 15.9 Å². The van der Waals surface area contributed by atoms with Crippen LogP contribution in [0, 0.1) is 6.92 Å². The number of nitrogens with one attached hydrogen (secondary N) is 2. The molecule has 2 amide bonds. The van der Waals surface area contributed by atoms with E-state index in [1.54, 1.807) is 30.3 Å². The third kappa shape index (κ3) is 4.07. The molecule has 0 unspecified atom stereocenters. The molecule has 0 bridgehead atoms. The summed E-state index contributed by atoms with van der Waals surface area (Å²) in [6.45, 7) is 1.81. The number of benzene rings is 2. The van der Waals surface area contributed by atoms with Gasteiger partial charge in [0.1, 0.15) is 0 Å². The van der Waals surface area contributed by atoms with Gasteiger partial charge in [0.2, 0.25) is 5.91 Å². The monoisotopic (exact) mass is 317 g/mol. The van der Waals surface area contributed by atoms with Gasteiger partial charge in [-0.2, -0.15) is 0 Å². The molecule has 0 heterocycles. The van der Waals surface area contributed by atoms with E-state index in [2.05, 4.69) is 10.6 Å². The topological polar surface area (TPSA) is 84.2 Å². The average Bonchev–Trinajstić information content (AvgIpc) is 2.49. The first-order chi connectivity index (χ1) is 10.5. The molecule has 0 radical (unpaired) electrons. The highest BCUT2D eigenvalue weighted by Gasteiger charge is 2.09. The van der Waals surface area contributed by atoms with Crippen molar-refractivity contribution in [1.82, 2.24) is 0 Å². The van der Waals surface area contributed by atoms with Crippen LogP contribution >= 0.6 is 11.6 Å². The fourth-order valence-corrected chi connectivity index (χ4v) is 2.11. The van der Waals surface area contributed by atoms with Gasteiger partial charge in [0.05, 0.1) is 17.3 Å². The third-order valence-corrected chi connectivity index (χ3v) is 3.28. The molecular formula is C16H16ClN3O2. The Morgan fingerprint density at radius 1 is 1.14 bits per heavy atom. The number of carbonyl (C=O) groups is 2. The maximum atomic E-state index is 12.2. The van der Waals surface area contributed by atoms with Crippen LogP contribution in [-0.2, 0) is 4.79 Å². The molecule has 114 valence electrons. The van der Waals surface area contributed by atoms with Crippen molar-refractivity contribution in [3.8, 4) is 0 Å². The van der Waals surface area contributed by atoms with E-state index in [1.165, 1.54) is 0 Å². The van der Waals surface area contributed by atoms with Crippen LogP contribution in [0.3, 0.4) is 0 Å². The van der Waals surface area contributed by atoms with E-state index in [1.807, 2.05) is 19.1 Å². The van der Waals surface area contributed by atoms with Crippen LogP contribution < -0.4 is 16.4 Å². The van der Waals surface area contributed by atoms with Gasteiger partial charge in [-0.3, -0.25) is 9.59 Å². The van der Waals surface area contributed by atoms with Crippen molar-refractivity contribution < 1.29 is 9.59 Å². The summed E-state index contributed by atoms with van der Waals surface area (Å²) in [6, 6.07) is 12.1. The zero-order valence-corrected chi connectivity index (χ0v) is 12.8. The van der Waals surface area contributed by atoms with Crippen LogP contribution in [0.25, 0.3) is 0 Å². The van der Waals surface area contributed by atoms with Crippen molar-refractivity contribution in [3.05, 3.63) is 58.6 Å². The Kier molecular flexibility index (Phi) is 5.14. The summed E-state index contributed by atoms with van der Waals surface area (Å²) in [5.74, 6) is -0.558. The molecule has 0 saturated carbocycles. The molecular weight excluding hydrogens is 302 g/mol. The van der Waals surface area contributed by atoms with Crippen molar-refractivity contribution in [2.75, 3.05) is 17.2 Å². The van der Waals surface area contributed by atoms with Gasteiger partial charge in [0, 0.05) is 11.3 Å². The highest BCUT2D eigenvalue weighted by atomic mass is 35.5. The highest BCUT2D eigenvalue weighted by Crippen LogP contribution is 2.26. The van der Waals surface area contributed by atoms with E-state index in [4.69, 9.17) is 17.3 Å². The van der Waals surface area contributed by atoms with Crippen molar-refractivity contribution in [1.29, 1.82) is 0 Å². The van der Waals surface area contributed by atoms with Gasteiger partial charge in [-0.15, -0.1) is 0 Å². The third-order valence-electron chi connectivity index (χ3n) is 2.97. The molecule has 0 aliphatic carbocycles. The number of hydrogen-bond acceptors (Lipinski definition) is 3. The van der Waals surface area contributed by atoms with Crippen molar-refractivity contribution in [3.63, 3.8) is 0 Å². The first-order valence-electron chi connectivity index (χ1n) is 6.67. The number of aryl methyl sites for hydroxylation is 1. The Bertz CT molecular complexity index is 716. The Labute approximate surface area is 133 Å². The van der Waals surface area contributed by atoms with E-state index in [9.17, 15) is 9.59 Å². The van der Waals surface area contributed by atoms with Gasteiger partial charge < -0.3 is 16.4 Å². The first-order valence-corrected chi connectivity index (χ1v) is 7.05. The second kappa shape index (κ2) is 7.06. The summed E-state index contributed by atoms with van der Waals surface area (Å²) in [5.41, 5.74) is 7.77. The molecule has 2 aromatic carbocycles. The molecule has 2 rings (SSSR count). The van der Waals surface area contributed by atoms with Gasteiger partial charge in [-0.05, 0) is 37.3 Å². The normalized spacial score (nSPS) is 10.1. The van der Waals surface area contributed by atoms with Crippen molar-refractivity contribution >= 4 is 34.8 Å². The Morgan fingerprint density at radius 3 is 2.55 bits per heavy atom. The van der Waals surface area contributed by atoms with Crippen molar-refractivity contribution in [2.45, 2.75) is 6.92 Å².